The van der Waals surface area contributed by atoms with Crippen LogP contribution >= 0.6 is 0 Å². The lowest BCUT2D eigenvalue weighted by Crippen LogP contribution is -2.36. The van der Waals surface area contributed by atoms with Crippen molar-refractivity contribution in [3.63, 3.8) is 0 Å². The number of halogens is 2. The summed E-state index contributed by atoms with van der Waals surface area (Å²) in [6.45, 7) is 7.00. The van der Waals surface area contributed by atoms with Crippen molar-refractivity contribution in [1.29, 1.82) is 0 Å². The quantitative estimate of drug-likeness (QED) is 0.864. The van der Waals surface area contributed by atoms with Crippen LogP contribution in [0.25, 0.3) is 0 Å². The van der Waals surface area contributed by atoms with Gasteiger partial charge in [0, 0.05) is 18.9 Å². The molecule has 1 aromatic carbocycles. The van der Waals surface area contributed by atoms with Gasteiger partial charge in [-0.1, -0.05) is 0 Å². The Kier molecular flexibility index (Phi) is 3.73. The van der Waals surface area contributed by atoms with Crippen molar-refractivity contribution in [2.24, 2.45) is 0 Å². The van der Waals surface area contributed by atoms with Gasteiger partial charge in [-0.3, -0.25) is 4.79 Å². The molecule has 1 atom stereocenters. The number of carbonyl (C=O) groups is 1. The molecule has 3 nitrogen and oxygen atoms in total. The topological polar surface area (TPSA) is 38.3 Å². The minimum absolute atomic E-state index is 0.0912. The summed E-state index contributed by atoms with van der Waals surface area (Å²) in [7, 11) is -2.09. The van der Waals surface area contributed by atoms with E-state index in [-0.39, 0.29) is 23.6 Å². The molecular formula is C14H19F2NO2Si. The molecular weight excluding hydrogens is 280 g/mol. The molecule has 1 amide bonds. The highest BCUT2D eigenvalue weighted by atomic mass is 28.4. The third-order valence-corrected chi connectivity index (χ3v) is 4.03. The van der Waals surface area contributed by atoms with Crippen LogP contribution in [0.4, 0.5) is 14.5 Å². The maximum Gasteiger partial charge on any atom is 0.227 e. The molecule has 1 unspecified atom stereocenters. The highest BCUT2D eigenvalue weighted by Gasteiger charge is 2.43. The average molecular weight is 299 g/mol. The van der Waals surface area contributed by atoms with Crippen molar-refractivity contribution in [3.8, 4) is 0 Å². The van der Waals surface area contributed by atoms with Crippen molar-refractivity contribution >= 4 is 19.9 Å². The summed E-state index contributed by atoms with van der Waals surface area (Å²) in [6.07, 6.45) is 0.665. The first-order valence-corrected chi connectivity index (χ1v) is 10.0. The number of hydrogen-bond donors (Lipinski definition) is 1. The van der Waals surface area contributed by atoms with Crippen molar-refractivity contribution in [2.75, 3.05) is 5.32 Å². The molecule has 1 aliphatic carbocycles. The van der Waals surface area contributed by atoms with E-state index in [1.54, 1.807) is 0 Å². The van der Waals surface area contributed by atoms with Crippen LogP contribution in [0, 0.1) is 5.82 Å². The molecule has 20 heavy (non-hydrogen) atoms. The second-order valence-corrected chi connectivity index (χ2v) is 10.5. The van der Waals surface area contributed by atoms with Crippen molar-refractivity contribution in [2.45, 2.75) is 45.3 Å². The number of nitrogens with one attached hydrogen (secondary N) is 1. The Morgan fingerprint density at radius 3 is 2.60 bits per heavy atom. The predicted molar refractivity (Wildman–Crippen MR) is 76.2 cm³/mol. The molecule has 0 bridgehead atoms. The highest BCUT2D eigenvalue weighted by molar-refractivity contribution is 6.69. The number of alkyl halides is 1. The number of carbonyl (C=O) groups excluding carboxylic acids is 1. The average Bonchev–Trinajstić information content (AvgIpc) is 2.54. The standard InChI is InChI=1S/C14H19F2NO2Si/c1-9(18)17-13-7-10-5-6-14(16,19-20(2,3)4)11(10)8-12(13)15/h7-8H,5-6H2,1-4H3,(H,17,18). The van der Waals surface area contributed by atoms with Crippen molar-refractivity contribution < 1.29 is 18.0 Å². The first-order chi connectivity index (χ1) is 9.11. The van der Waals surface area contributed by atoms with Gasteiger partial charge < -0.3 is 9.74 Å². The first-order valence-electron chi connectivity index (χ1n) is 6.60. The largest absolute Gasteiger partial charge is 0.384 e. The van der Waals surface area contributed by atoms with E-state index >= 15 is 0 Å². The van der Waals surface area contributed by atoms with Crippen LogP contribution in [0.2, 0.25) is 19.6 Å². The first kappa shape index (κ1) is 15.1. The van der Waals surface area contributed by atoms with Gasteiger partial charge in [-0.25, -0.2) is 8.78 Å². The predicted octanol–water partition coefficient (Wildman–Crippen LogP) is 3.70. The summed E-state index contributed by atoms with van der Waals surface area (Å²) in [4.78, 5) is 11.0. The number of rotatable bonds is 3. The van der Waals surface area contributed by atoms with E-state index in [1.807, 2.05) is 19.6 Å². The van der Waals surface area contributed by atoms with Gasteiger partial charge in [0.15, 0.2) is 8.32 Å². The number of anilines is 1. The van der Waals surface area contributed by atoms with Crippen LogP contribution in [-0.4, -0.2) is 14.2 Å². The van der Waals surface area contributed by atoms with Crippen LogP contribution in [0.1, 0.15) is 24.5 Å². The van der Waals surface area contributed by atoms with E-state index in [0.717, 1.165) is 6.07 Å². The minimum atomic E-state index is -2.09. The normalized spacial score (nSPS) is 21.7. The van der Waals surface area contributed by atoms with Gasteiger partial charge in [-0.05, 0) is 43.8 Å². The molecule has 0 heterocycles. The molecule has 0 aliphatic heterocycles. The highest BCUT2D eigenvalue weighted by Crippen LogP contribution is 2.44. The van der Waals surface area contributed by atoms with Gasteiger partial charge in [0.05, 0.1) is 5.69 Å². The Bertz CT molecular complexity index is 557. The molecule has 0 saturated heterocycles. The summed E-state index contributed by atoms with van der Waals surface area (Å²) in [6, 6.07) is 2.65. The van der Waals surface area contributed by atoms with Crippen molar-refractivity contribution in [3.05, 3.63) is 29.1 Å². The summed E-state index contributed by atoms with van der Waals surface area (Å²) in [5.41, 5.74) is 1.04. The van der Waals surface area contributed by atoms with E-state index in [1.165, 1.54) is 13.0 Å². The van der Waals surface area contributed by atoms with E-state index < -0.39 is 20.0 Å². The molecule has 0 radical (unpaired) electrons. The summed E-state index contributed by atoms with van der Waals surface area (Å²) >= 11 is 0. The lowest BCUT2D eigenvalue weighted by atomic mass is 10.1. The minimum Gasteiger partial charge on any atom is -0.384 e. The monoisotopic (exact) mass is 299 g/mol. The molecule has 0 spiro atoms. The van der Waals surface area contributed by atoms with E-state index in [2.05, 4.69) is 5.32 Å². The molecule has 0 aromatic heterocycles. The van der Waals surface area contributed by atoms with Gasteiger partial charge in [-0.2, -0.15) is 0 Å². The summed E-state index contributed by atoms with van der Waals surface area (Å²) < 4.78 is 34.5. The van der Waals surface area contributed by atoms with Crippen LogP contribution in [0.15, 0.2) is 12.1 Å². The molecule has 1 N–H and O–H groups in total. The Balaban J connectivity index is 2.38. The van der Waals surface area contributed by atoms with E-state index in [9.17, 15) is 13.6 Å². The molecule has 1 aromatic rings. The Labute approximate surface area is 118 Å². The van der Waals surface area contributed by atoms with Gasteiger partial charge in [0.25, 0.3) is 0 Å². The number of amides is 1. The lowest BCUT2D eigenvalue weighted by molar-refractivity contribution is -0.114. The van der Waals surface area contributed by atoms with Crippen molar-refractivity contribution in [1.82, 2.24) is 0 Å². The van der Waals surface area contributed by atoms with Crippen LogP contribution in [-0.2, 0) is 21.5 Å². The smallest absolute Gasteiger partial charge is 0.227 e. The van der Waals surface area contributed by atoms with E-state index in [0.29, 0.717) is 12.0 Å². The number of fused-ring (bicyclic) bond motifs is 1. The second-order valence-electron chi connectivity index (χ2n) is 6.11. The Hall–Kier alpha value is -1.27. The SMILES string of the molecule is CC(=O)Nc1cc2c(cc1F)C(F)(O[Si](C)(C)C)CC2. The molecule has 2 rings (SSSR count). The van der Waals surface area contributed by atoms with Gasteiger partial charge in [0.1, 0.15) is 5.82 Å². The van der Waals surface area contributed by atoms with Gasteiger partial charge in [-0.15, -0.1) is 0 Å². The van der Waals surface area contributed by atoms with E-state index in [4.69, 9.17) is 4.43 Å². The van der Waals surface area contributed by atoms with Crippen LogP contribution in [0.3, 0.4) is 0 Å². The zero-order valence-electron chi connectivity index (χ0n) is 12.1. The number of aryl methyl sites for hydroxylation is 1. The summed E-state index contributed by atoms with van der Waals surface area (Å²) in [5.74, 6) is -2.90. The maximum atomic E-state index is 14.9. The fourth-order valence-corrected chi connectivity index (χ4v) is 3.66. The molecule has 6 heteroatoms. The van der Waals surface area contributed by atoms with Crippen LogP contribution < -0.4 is 5.32 Å². The maximum absolute atomic E-state index is 14.9. The lowest BCUT2D eigenvalue weighted by Gasteiger charge is -2.30. The second kappa shape index (κ2) is 4.93. The van der Waals surface area contributed by atoms with Crippen LogP contribution in [0.5, 0.6) is 0 Å². The number of hydrogen-bond acceptors (Lipinski definition) is 2. The molecule has 110 valence electrons. The Morgan fingerprint density at radius 1 is 1.40 bits per heavy atom. The fraction of sp³-hybridized carbons (Fsp3) is 0.500. The zero-order chi connectivity index (χ0) is 15.1. The Morgan fingerprint density at radius 2 is 2.05 bits per heavy atom. The van der Waals surface area contributed by atoms with Gasteiger partial charge >= 0.3 is 0 Å². The van der Waals surface area contributed by atoms with Gasteiger partial charge in [0.2, 0.25) is 11.8 Å². The summed E-state index contributed by atoms with van der Waals surface area (Å²) in [5, 5.41) is 2.41. The molecule has 1 aliphatic rings. The third kappa shape index (κ3) is 3.07. The fourth-order valence-electron chi connectivity index (χ4n) is 2.48. The molecule has 0 fully saturated rings. The third-order valence-electron chi connectivity index (χ3n) is 3.09. The molecule has 0 saturated carbocycles. The number of benzene rings is 1. The zero-order valence-corrected chi connectivity index (χ0v) is 13.1.